The van der Waals surface area contributed by atoms with Gasteiger partial charge in [-0.2, -0.15) is 15.3 Å². The minimum atomic E-state index is -0.927. The molecule has 9 aromatic rings. The summed E-state index contributed by atoms with van der Waals surface area (Å²) in [6.45, 7) is 11.3. The minimum absolute atomic E-state index is 0.000194. The van der Waals surface area contributed by atoms with Crippen LogP contribution >= 0.6 is 0 Å². The van der Waals surface area contributed by atoms with E-state index in [1.165, 1.54) is 59.4 Å². The molecule has 0 spiro atoms. The van der Waals surface area contributed by atoms with Crippen LogP contribution in [0.4, 0.5) is 24.8 Å². The number of fused-ring (bicyclic) bond motifs is 6. The highest BCUT2D eigenvalue weighted by Gasteiger charge is 2.22. The van der Waals surface area contributed by atoms with Crippen molar-refractivity contribution < 1.29 is 42.1 Å². The molecule has 9 heterocycles. The second kappa shape index (κ2) is 22.9. The first kappa shape index (κ1) is 52.2. The first-order valence-electron chi connectivity index (χ1n) is 25.2. The van der Waals surface area contributed by atoms with E-state index in [-0.39, 0.29) is 60.6 Å². The Labute approximate surface area is 444 Å². The number of aromatic nitrogens is 9. The number of rotatable bonds is 0. The van der Waals surface area contributed by atoms with Crippen LogP contribution in [0.15, 0.2) is 117 Å². The van der Waals surface area contributed by atoms with Gasteiger partial charge in [0.1, 0.15) is 76.3 Å². The summed E-state index contributed by atoms with van der Waals surface area (Å²) in [5.74, 6) is 1.40. The van der Waals surface area contributed by atoms with Crippen LogP contribution in [0.2, 0.25) is 0 Å². The molecule has 0 radical (unpaired) electrons. The molecule has 3 aromatic carbocycles. The molecule has 0 saturated heterocycles. The van der Waals surface area contributed by atoms with E-state index in [0.717, 1.165) is 28.1 Å². The number of halogens is 3. The first-order valence-corrected chi connectivity index (χ1v) is 25.2. The molecule has 3 aliphatic rings. The Hall–Kier alpha value is -9.25. The summed E-state index contributed by atoms with van der Waals surface area (Å²) in [5, 5.41) is 38.0. The molecule has 20 nitrogen and oxygen atoms in total. The number of nitrogens with one attached hydrogen (secondary N) is 5. The topological polar surface area (TPSA) is 233 Å². The third-order valence-electron chi connectivity index (χ3n) is 13.0. The SMILES string of the molecule is C=C1NC[C@H](C)Oc2ccc(F)cc2[C@@H](C)Nc2ccn3ncc1c3n2.C[C@H]1Nc2ccn3ncc(c3n2)C(=O)NC[C@@H](O)COc2ccc(F)cc21.O=C1NCCCOc2ccc(F)cc2CCc2ccn3ncc1c3n2. The fraction of sp³-hybridized carbons (Fsp3) is 0.273. The number of hydrogen-bond donors (Lipinski definition) is 6. The lowest BCUT2D eigenvalue weighted by Gasteiger charge is -2.22. The van der Waals surface area contributed by atoms with Crippen LogP contribution in [-0.4, -0.2) is 106 Å². The maximum atomic E-state index is 13.8. The van der Waals surface area contributed by atoms with Crippen molar-refractivity contribution in [2.75, 3.05) is 43.5 Å². The lowest BCUT2D eigenvalue weighted by atomic mass is 10.1. The van der Waals surface area contributed by atoms with E-state index >= 15 is 0 Å². The van der Waals surface area contributed by atoms with Crippen LogP contribution in [0, 0.1) is 17.5 Å². The standard InChI is InChI=1S/C19H20FN5O.C18H18FN5O3.C18H17FN4O2/c1-11-9-21-12(2)16-10-22-25-7-6-18(24-19(16)25)23-13(3)15-8-14(20)4-5-17(15)26-11;1-10-13-6-11(19)2-3-15(13)27-9-12(25)7-20-18(26)14-8-21-24-5-4-16(22-10)23-17(14)24;19-13-3-5-16-12(10-13)2-4-14-6-8-23-17(22-14)15(11-21-23)18(24)20-7-1-9-25-16/h4-8,10-11,13,21H,2,9H2,1,3H3,(H,23,24);2-6,8,10,12,25H,7,9H2,1H3,(H,20,26)(H,22,23);3,5-6,8,10-11H,1-2,4,7,9H2,(H,20,24)/t11-,13+;10-,12-;/m01./s1. The molecule has 3 aliphatic heterocycles. The molecule has 0 fully saturated rings. The number of carbonyl (C=O) groups excluding carboxylic acids is 2. The van der Waals surface area contributed by atoms with Gasteiger partial charge < -0.3 is 45.9 Å². The zero-order valence-corrected chi connectivity index (χ0v) is 42.7. The summed E-state index contributed by atoms with van der Waals surface area (Å²) in [5.41, 5.74) is 6.88. The number of β-amino-alcohol motifs (C(OH)–C–C–N with tert-alkyl or cyclic N) is 1. The van der Waals surface area contributed by atoms with Gasteiger partial charge in [0.2, 0.25) is 0 Å². The van der Waals surface area contributed by atoms with E-state index < -0.39 is 6.10 Å². The molecule has 6 N–H and O–H groups in total. The van der Waals surface area contributed by atoms with Crippen molar-refractivity contribution in [3.63, 3.8) is 0 Å². The molecule has 12 rings (SSSR count). The van der Waals surface area contributed by atoms with Crippen molar-refractivity contribution in [3.05, 3.63) is 173 Å². The number of aliphatic hydroxyl groups is 1. The molecular formula is C55H55F3N14O6. The van der Waals surface area contributed by atoms with Gasteiger partial charge in [-0.15, -0.1) is 0 Å². The molecule has 0 aliphatic carbocycles. The van der Waals surface area contributed by atoms with E-state index in [1.807, 2.05) is 39.1 Å². The molecule has 6 bridgehead atoms. The fourth-order valence-electron chi connectivity index (χ4n) is 8.90. The number of hydrogen-bond acceptors (Lipinski definition) is 15. The van der Waals surface area contributed by atoms with Crippen molar-refractivity contribution in [3.8, 4) is 17.2 Å². The van der Waals surface area contributed by atoms with Gasteiger partial charge in [0.15, 0.2) is 16.9 Å². The van der Waals surface area contributed by atoms with Crippen LogP contribution in [0.3, 0.4) is 0 Å². The predicted molar refractivity (Wildman–Crippen MR) is 283 cm³/mol. The first-order chi connectivity index (χ1) is 37.7. The number of aryl methyl sites for hydroxylation is 2. The van der Waals surface area contributed by atoms with E-state index in [1.54, 1.807) is 45.8 Å². The van der Waals surface area contributed by atoms with Crippen molar-refractivity contribution in [1.82, 2.24) is 59.7 Å². The number of benzene rings is 3. The number of ether oxygens (including phenoxy) is 3. The molecule has 0 saturated carbocycles. The quantitative estimate of drug-likeness (QED) is 0.0892. The maximum Gasteiger partial charge on any atom is 0.256 e. The average Bonchev–Trinajstić information content (AvgIpc) is 4.21. The third kappa shape index (κ3) is 11.9. The Morgan fingerprint density at radius 1 is 0.615 bits per heavy atom. The van der Waals surface area contributed by atoms with Gasteiger partial charge in [-0.3, -0.25) is 9.59 Å². The van der Waals surface area contributed by atoms with Gasteiger partial charge in [-0.1, -0.05) is 6.58 Å². The molecule has 0 unspecified atom stereocenters. The Morgan fingerprint density at radius 2 is 1.17 bits per heavy atom. The highest BCUT2D eigenvalue weighted by molar-refractivity contribution is 6.00. The maximum absolute atomic E-state index is 13.8. The van der Waals surface area contributed by atoms with E-state index in [4.69, 9.17) is 14.2 Å². The molecule has 4 atom stereocenters. The van der Waals surface area contributed by atoms with Gasteiger partial charge in [0.25, 0.3) is 11.8 Å². The fourth-order valence-corrected chi connectivity index (χ4v) is 8.90. The Kier molecular flexibility index (Phi) is 15.3. The molecular weight excluding hydrogens is 1010 g/mol. The van der Waals surface area contributed by atoms with Gasteiger partial charge in [0, 0.05) is 54.2 Å². The van der Waals surface area contributed by atoms with E-state index in [0.29, 0.717) is 101 Å². The highest BCUT2D eigenvalue weighted by atomic mass is 19.1. The molecule has 2 amide bonds. The number of nitrogens with zero attached hydrogens (tertiary/aromatic N) is 9. The summed E-state index contributed by atoms with van der Waals surface area (Å²) in [7, 11) is 0. The Bertz CT molecular complexity index is 3680. The smallest absolute Gasteiger partial charge is 0.256 e. The van der Waals surface area contributed by atoms with Crippen LogP contribution in [-0.2, 0) is 12.8 Å². The van der Waals surface area contributed by atoms with E-state index in [9.17, 15) is 27.9 Å². The van der Waals surface area contributed by atoms with Crippen molar-refractivity contribution in [2.45, 2.75) is 64.3 Å². The summed E-state index contributed by atoms with van der Waals surface area (Å²) in [6, 6.07) is 18.2. The predicted octanol–water partition coefficient (Wildman–Crippen LogP) is 7.07. The summed E-state index contributed by atoms with van der Waals surface area (Å²) < 4.78 is 63.4. The molecule has 23 heteroatoms. The van der Waals surface area contributed by atoms with Gasteiger partial charge in [0.05, 0.1) is 49.4 Å². The van der Waals surface area contributed by atoms with Crippen LogP contribution < -0.4 is 40.8 Å². The third-order valence-corrected chi connectivity index (χ3v) is 13.0. The lowest BCUT2D eigenvalue weighted by Crippen LogP contribution is -2.35. The minimum Gasteiger partial charge on any atom is -0.493 e. The summed E-state index contributed by atoms with van der Waals surface area (Å²) >= 11 is 0. The molecule has 6 aromatic heterocycles. The zero-order chi connectivity index (χ0) is 54.5. The van der Waals surface area contributed by atoms with Crippen molar-refractivity contribution >= 4 is 46.1 Å². The van der Waals surface area contributed by atoms with Crippen LogP contribution in [0.5, 0.6) is 17.2 Å². The Balaban J connectivity index is 0.000000132. The molecule has 402 valence electrons. The summed E-state index contributed by atoms with van der Waals surface area (Å²) in [4.78, 5) is 38.4. The van der Waals surface area contributed by atoms with Crippen LogP contribution in [0.25, 0.3) is 22.6 Å². The zero-order valence-electron chi connectivity index (χ0n) is 42.7. The van der Waals surface area contributed by atoms with Gasteiger partial charge in [-0.25, -0.2) is 41.7 Å². The van der Waals surface area contributed by atoms with E-state index in [2.05, 4.69) is 63.4 Å². The number of anilines is 2. The summed E-state index contributed by atoms with van der Waals surface area (Å²) in [6.07, 6.45) is 10.8. The normalized spacial score (nSPS) is 18.7. The lowest BCUT2D eigenvalue weighted by molar-refractivity contribution is 0.0842. The monoisotopic (exact) mass is 1060 g/mol. The second-order valence-electron chi connectivity index (χ2n) is 18.8. The van der Waals surface area contributed by atoms with Gasteiger partial charge in [-0.05, 0) is 118 Å². The van der Waals surface area contributed by atoms with Crippen molar-refractivity contribution in [2.24, 2.45) is 0 Å². The second-order valence-corrected chi connectivity index (χ2v) is 18.8. The number of aliphatic hydroxyl groups excluding tert-OH is 1. The van der Waals surface area contributed by atoms with Crippen molar-refractivity contribution in [1.29, 1.82) is 0 Å². The number of carbonyl (C=O) groups is 2. The Morgan fingerprint density at radius 3 is 1.83 bits per heavy atom. The van der Waals surface area contributed by atoms with Gasteiger partial charge >= 0.3 is 0 Å². The molecule has 78 heavy (non-hydrogen) atoms. The van der Waals surface area contributed by atoms with Crippen LogP contribution in [0.1, 0.15) is 87.9 Å². The average molecular weight is 1070 g/mol. The number of amides is 2. The highest BCUT2D eigenvalue weighted by Crippen LogP contribution is 2.32. The largest absolute Gasteiger partial charge is 0.493 e.